The Kier molecular flexibility index (Phi) is 15.6. The number of furan rings is 1. The first-order valence-corrected chi connectivity index (χ1v) is 20.1. The molecule has 278 valence electrons. The van der Waals surface area contributed by atoms with E-state index < -0.39 is 18.0 Å². The van der Waals surface area contributed by atoms with Crippen LogP contribution in [-0.2, 0) is 9.53 Å². The number of thiophene rings is 1. The van der Waals surface area contributed by atoms with Crippen LogP contribution >= 0.6 is 11.3 Å². The molecule has 0 spiro atoms. The summed E-state index contributed by atoms with van der Waals surface area (Å²) >= 11 is 1.31. The van der Waals surface area contributed by atoms with Crippen molar-refractivity contribution < 1.29 is 33.0 Å². The molecule has 0 aliphatic heterocycles. The molecule has 5 rings (SSSR count). The SMILES string of the molecule is CCCCCCCCCCCCOc1ccc(-c2ccc(OC(=O)c3cc4oc5cc(OC(=O)[C@H](C)OCCCCCC)ccc5c4s3)cc2)cc1. The standard InChI is InChI=1S/C44H54O7S/c1-4-6-8-10-11-12-13-14-15-17-29-48-35-22-18-33(19-23-35)34-20-24-36(25-21-34)49-44(46)41-31-40-42(52-41)38-27-26-37(30-39(38)51-40)50-43(45)32(3)47-28-16-9-7-5-2/h18-27,30-32H,4-17,28-29H2,1-3H3/t32-/m0/s1. The summed E-state index contributed by atoms with van der Waals surface area (Å²) in [6.07, 6.45) is 16.8. The summed E-state index contributed by atoms with van der Waals surface area (Å²) in [5.41, 5.74) is 3.23. The topological polar surface area (TPSA) is 84.2 Å². The second kappa shape index (κ2) is 20.8. The van der Waals surface area contributed by atoms with Gasteiger partial charge in [-0.05, 0) is 67.3 Å². The van der Waals surface area contributed by atoms with E-state index in [1.54, 1.807) is 37.3 Å². The Balaban J connectivity index is 1.06. The third kappa shape index (κ3) is 11.7. The summed E-state index contributed by atoms with van der Waals surface area (Å²) in [5.74, 6) is 0.833. The lowest BCUT2D eigenvalue weighted by Gasteiger charge is -2.12. The molecule has 0 fully saturated rings. The van der Waals surface area contributed by atoms with Gasteiger partial charge in [-0.3, -0.25) is 0 Å². The van der Waals surface area contributed by atoms with E-state index in [4.69, 9.17) is 23.4 Å². The zero-order valence-corrected chi connectivity index (χ0v) is 31.9. The van der Waals surface area contributed by atoms with Crippen molar-refractivity contribution in [3.63, 3.8) is 0 Å². The molecule has 0 aliphatic carbocycles. The zero-order valence-electron chi connectivity index (χ0n) is 31.1. The zero-order chi connectivity index (χ0) is 36.5. The van der Waals surface area contributed by atoms with E-state index in [-0.39, 0.29) is 0 Å². The Bertz CT molecular complexity index is 1820. The third-order valence-corrected chi connectivity index (χ3v) is 10.4. The molecule has 52 heavy (non-hydrogen) atoms. The van der Waals surface area contributed by atoms with Crippen molar-refractivity contribution >= 4 is 44.5 Å². The lowest BCUT2D eigenvalue weighted by Crippen LogP contribution is -2.26. The van der Waals surface area contributed by atoms with Crippen molar-refractivity contribution in [2.45, 2.75) is 117 Å². The van der Waals surface area contributed by atoms with Gasteiger partial charge in [-0.25, -0.2) is 9.59 Å². The Morgan fingerprint density at radius 2 is 1.17 bits per heavy atom. The van der Waals surface area contributed by atoms with E-state index in [1.807, 2.05) is 30.3 Å². The Labute approximate surface area is 312 Å². The molecule has 0 saturated heterocycles. The molecule has 0 aliphatic rings. The average molecular weight is 727 g/mol. The smallest absolute Gasteiger partial charge is 0.353 e. The number of hydrogen-bond donors (Lipinski definition) is 0. The van der Waals surface area contributed by atoms with Gasteiger partial charge < -0.3 is 23.4 Å². The number of ether oxygens (including phenoxy) is 4. The molecule has 5 aromatic rings. The first kappa shape index (κ1) is 39.1. The Hall–Kier alpha value is -4.14. The maximum atomic E-state index is 13.1. The lowest BCUT2D eigenvalue weighted by atomic mass is 10.1. The number of carbonyl (C=O) groups excluding carboxylic acids is 2. The number of fused-ring (bicyclic) bond motifs is 3. The number of hydrogen-bond acceptors (Lipinski definition) is 8. The van der Waals surface area contributed by atoms with Gasteiger partial charge in [0, 0.05) is 24.1 Å². The van der Waals surface area contributed by atoms with Gasteiger partial charge in [-0.2, -0.15) is 0 Å². The molecule has 0 amide bonds. The van der Waals surface area contributed by atoms with Crippen LogP contribution in [0.25, 0.3) is 32.4 Å². The number of carbonyl (C=O) groups is 2. The van der Waals surface area contributed by atoms with E-state index in [1.165, 1.54) is 69.1 Å². The fraction of sp³-hybridized carbons (Fsp3) is 0.455. The molecule has 2 heterocycles. The van der Waals surface area contributed by atoms with Gasteiger partial charge in [0.25, 0.3) is 0 Å². The van der Waals surface area contributed by atoms with E-state index in [0.717, 1.165) is 65.7 Å². The molecule has 3 aromatic carbocycles. The maximum Gasteiger partial charge on any atom is 0.353 e. The molecule has 1 atom stereocenters. The summed E-state index contributed by atoms with van der Waals surface area (Å²) in [4.78, 5) is 26.0. The van der Waals surface area contributed by atoms with Crippen LogP contribution in [0.15, 0.2) is 77.2 Å². The minimum Gasteiger partial charge on any atom is -0.494 e. The number of unbranched alkanes of at least 4 members (excludes halogenated alkanes) is 12. The van der Waals surface area contributed by atoms with Crippen molar-refractivity contribution in [3.05, 3.63) is 77.7 Å². The van der Waals surface area contributed by atoms with Gasteiger partial charge in [0.1, 0.15) is 33.3 Å². The lowest BCUT2D eigenvalue weighted by molar-refractivity contribution is -0.146. The highest BCUT2D eigenvalue weighted by molar-refractivity contribution is 7.21. The van der Waals surface area contributed by atoms with Crippen molar-refractivity contribution in [1.29, 1.82) is 0 Å². The number of benzene rings is 3. The summed E-state index contributed by atoms with van der Waals surface area (Å²) in [6, 6.07) is 22.6. The van der Waals surface area contributed by atoms with Crippen molar-refractivity contribution in [2.24, 2.45) is 0 Å². The van der Waals surface area contributed by atoms with Gasteiger partial charge in [0.15, 0.2) is 6.10 Å². The third-order valence-electron chi connectivity index (χ3n) is 9.25. The highest BCUT2D eigenvalue weighted by atomic mass is 32.1. The summed E-state index contributed by atoms with van der Waals surface area (Å²) in [6.45, 7) is 7.40. The van der Waals surface area contributed by atoms with E-state index in [0.29, 0.717) is 34.1 Å². The Morgan fingerprint density at radius 3 is 1.83 bits per heavy atom. The maximum absolute atomic E-state index is 13.1. The van der Waals surface area contributed by atoms with Crippen molar-refractivity contribution in [2.75, 3.05) is 13.2 Å². The minimum atomic E-state index is -0.655. The van der Waals surface area contributed by atoms with Gasteiger partial charge in [-0.1, -0.05) is 115 Å². The largest absolute Gasteiger partial charge is 0.494 e. The average Bonchev–Trinajstić information content (AvgIpc) is 3.72. The fourth-order valence-corrected chi connectivity index (χ4v) is 7.14. The van der Waals surface area contributed by atoms with Crippen LogP contribution in [0.4, 0.5) is 0 Å². The van der Waals surface area contributed by atoms with Crippen LogP contribution < -0.4 is 14.2 Å². The highest BCUT2D eigenvalue weighted by Crippen LogP contribution is 2.37. The minimum absolute atomic E-state index is 0.382. The predicted molar refractivity (Wildman–Crippen MR) is 211 cm³/mol. The van der Waals surface area contributed by atoms with Crippen LogP contribution in [0.1, 0.15) is 120 Å². The van der Waals surface area contributed by atoms with Gasteiger partial charge in [0.05, 0.1) is 11.3 Å². The monoisotopic (exact) mass is 726 g/mol. The van der Waals surface area contributed by atoms with Crippen LogP contribution in [0.5, 0.6) is 17.2 Å². The second-order valence-corrected chi connectivity index (χ2v) is 14.6. The number of esters is 2. The van der Waals surface area contributed by atoms with E-state index >= 15 is 0 Å². The molecule has 0 radical (unpaired) electrons. The molecule has 0 unspecified atom stereocenters. The highest BCUT2D eigenvalue weighted by Gasteiger charge is 2.20. The Morgan fingerprint density at radius 1 is 0.615 bits per heavy atom. The van der Waals surface area contributed by atoms with Crippen LogP contribution in [0.3, 0.4) is 0 Å². The molecule has 2 aromatic heterocycles. The quantitative estimate of drug-likeness (QED) is 0.0376. The van der Waals surface area contributed by atoms with Crippen LogP contribution in [0.2, 0.25) is 0 Å². The molecular formula is C44H54O7S. The molecule has 7 nitrogen and oxygen atoms in total. The number of rotatable bonds is 23. The van der Waals surface area contributed by atoms with Gasteiger partial charge in [0.2, 0.25) is 0 Å². The summed E-state index contributed by atoms with van der Waals surface area (Å²) in [7, 11) is 0. The predicted octanol–water partition coefficient (Wildman–Crippen LogP) is 12.7. The van der Waals surface area contributed by atoms with Gasteiger partial charge >= 0.3 is 11.9 Å². The molecular weight excluding hydrogens is 673 g/mol. The van der Waals surface area contributed by atoms with Crippen molar-refractivity contribution in [1.82, 2.24) is 0 Å². The second-order valence-electron chi connectivity index (χ2n) is 13.5. The summed E-state index contributed by atoms with van der Waals surface area (Å²) < 4.78 is 29.7. The molecule has 8 heteroatoms. The van der Waals surface area contributed by atoms with E-state index in [9.17, 15) is 9.59 Å². The van der Waals surface area contributed by atoms with Crippen LogP contribution in [-0.4, -0.2) is 31.3 Å². The first-order chi connectivity index (χ1) is 25.4. The molecule has 0 saturated carbocycles. The first-order valence-electron chi connectivity index (χ1n) is 19.3. The van der Waals surface area contributed by atoms with Gasteiger partial charge in [-0.15, -0.1) is 11.3 Å². The van der Waals surface area contributed by atoms with E-state index in [2.05, 4.69) is 26.0 Å². The van der Waals surface area contributed by atoms with Crippen LogP contribution in [0, 0.1) is 0 Å². The van der Waals surface area contributed by atoms with Crippen molar-refractivity contribution in [3.8, 4) is 28.4 Å². The molecule has 0 N–H and O–H groups in total. The molecule has 0 bridgehead atoms. The summed E-state index contributed by atoms with van der Waals surface area (Å²) in [5, 5.41) is 0.832. The fourth-order valence-electron chi connectivity index (χ4n) is 6.15. The normalized spacial score (nSPS) is 12.0.